The molecule has 0 aliphatic carbocycles. The molecule has 5 heteroatoms. The first kappa shape index (κ1) is 9.37. The average Bonchev–Trinajstić information content (AvgIpc) is 1.63. The molecule has 0 aromatic heterocycles. The zero-order valence-electron chi connectivity index (χ0n) is 4.38. The Hall–Kier alpha value is 0.370. The summed E-state index contributed by atoms with van der Waals surface area (Å²) in [4.78, 5) is 0. The summed E-state index contributed by atoms with van der Waals surface area (Å²) in [6.45, 7) is 0. The van der Waals surface area contributed by atoms with Gasteiger partial charge in [-0.3, -0.25) is 0 Å². The molecule has 9 heavy (non-hydrogen) atoms. The van der Waals surface area contributed by atoms with Crippen molar-refractivity contribution >= 4 is 23.2 Å². The van der Waals surface area contributed by atoms with Gasteiger partial charge in [0.1, 0.15) is 0 Å². The number of hydrogen-bond donors (Lipinski definition) is 0. The van der Waals surface area contributed by atoms with E-state index in [-0.39, 0.29) is 0 Å². The van der Waals surface area contributed by atoms with E-state index in [0.29, 0.717) is 0 Å². The van der Waals surface area contributed by atoms with Crippen molar-refractivity contribution in [2.45, 2.75) is 18.0 Å². The highest BCUT2D eigenvalue weighted by Gasteiger charge is 2.30. The highest BCUT2D eigenvalue weighted by Crippen LogP contribution is 2.24. The molecule has 0 heterocycles. The van der Waals surface area contributed by atoms with Crippen LogP contribution in [0.2, 0.25) is 0 Å². The molecular formula is C4H5Cl2F3. The standard InChI is InChI=1S/C4H5Cl2F3/c5-2-4(8,9)1-3(6)7/h3H,1-2H2. The van der Waals surface area contributed by atoms with Crippen molar-refractivity contribution in [2.24, 2.45) is 0 Å². The predicted octanol–water partition coefficient (Wildman–Crippen LogP) is 2.79. The summed E-state index contributed by atoms with van der Waals surface area (Å²) in [5.74, 6) is -4.07. The van der Waals surface area contributed by atoms with Crippen LogP contribution in [0.1, 0.15) is 6.42 Å². The smallest absolute Gasteiger partial charge is 0.230 e. The number of halogens is 5. The second-order valence-corrected chi connectivity index (χ2v) is 2.33. The van der Waals surface area contributed by atoms with E-state index in [1.165, 1.54) is 0 Å². The molecule has 0 saturated heterocycles. The third-order valence-electron chi connectivity index (χ3n) is 0.648. The van der Waals surface area contributed by atoms with Gasteiger partial charge in [-0.15, -0.1) is 11.6 Å². The second kappa shape index (κ2) is 3.52. The minimum atomic E-state index is -3.18. The fourth-order valence-corrected chi connectivity index (χ4v) is 0.615. The van der Waals surface area contributed by atoms with E-state index in [2.05, 4.69) is 11.6 Å². The van der Waals surface area contributed by atoms with Crippen LogP contribution in [0.3, 0.4) is 0 Å². The van der Waals surface area contributed by atoms with Crippen LogP contribution in [0.5, 0.6) is 0 Å². The molecule has 1 unspecified atom stereocenters. The van der Waals surface area contributed by atoms with Crippen LogP contribution in [0.4, 0.5) is 13.2 Å². The molecule has 0 aromatic rings. The molecule has 0 bridgehead atoms. The van der Waals surface area contributed by atoms with Gasteiger partial charge >= 0.3 is 0 Å². The van der Waals surface area contributed by atoms with Crippen molar-refractivity contribution in [2.75, 3.05) is 5.88 Å². The SMILES string of the molecule is FC(Cl)CC(F)(F)CCl. The molecule has 0 N–H and O–H groups in total. The molecule has 0 aliphatic rings. The largest absolute Gasteiger partial charge is 0.265 e. The van der Waals surface area contributed by atoms with Gasteiger partial charge in [0, 0.05) is 0 Å². The summed E-state index contributed by atoms with van der Waals surface area (Å²) in [6, 6.07) is 0. The fraction of sp³-hybridized carbons (Fsp3) is 1.00. The Morgan fingerprint density at radius 3 is 2.00 bits per heavy atom. The van der Waals surface area contributed by atoms with Gasteiger partial charge < -0.3 is 0 Å². The Labute approximate surface area is 60.9 Å². The summed E-state index contributed by atoms with van der Waals surface area (Å²) in [6.07, 6.45) is -1.02. The normalized spacial score (nSPS) is 15.7. The Morgan fingerprint density at radius 2 is 1.89 bits per heavy atom. The molecule has 1 atom stereocenters. The minimum absolute atomic E-state index is 0.889. The van der Waals surface area contributed by atoms with E-state index in [9.17, 15) is 13.2 Å². The van der Waals surface area contributed by atoms with Crippen LogP contribution < -0.4 is 0 Å². The summed E-state index contributed by atoms with van der Waals surface area (Å²) < 4.78 is 35.5. The molecule has 0 fully saturated rings. The maximum absolute atomic E-state index is 11.9. The first-order chi connectivity index (χ1) is 3.98. The van der Waals surface area contributed by atoms with Crippen LogP contribution in [-0.4, -0.2) is 17.4 Å². The highest BCUT2D eigenvalue weighted by atomic mass is 35.5. The van der Waals surface area contributed by atoms with Gasteiger partial charge in [0.05, 0.1) is 12.3 Å². The van der Waals surface area contributed by atoms with E-state index in [4.69, 9.17) is 11.6 Å². The lowest BCUT2D eigenvalue weighted by molar-refractivity contribution is 0.00550. The van der Waals surface area contributed by atoms with Crippen LogP contribution in [-0.2, 0) is 0 Å². The van der Waals surface area contributed by atoms with Crippen LogP contribution >= 0.6 is 23.2 Å². The lowest BCUT2D eigenvalue weighted by atomic mass is 10.3. The maximum Gasteiger partial charge on any atom is 0.265 e. The van der Waals surface area contributed by atoms with Crippen molar-refractivity contribution in [1.29, 1.82) is 0 Å². The first-order valence-electron chi connectivity index (χ1n) is 2.20. The molecule has 0 saturated carbocycles. The highest BCUT2D eigenvalue weighted by molar-refractivity contribution is 6.20. The molecule has 0 amide bonds. The van der Waals surface area contributed by atoms with E-state index in [1.807, 2.05) is 0 Å². The Bertz CT molecular complexity index is 83.9. The maximum atomic E-state index is 11.9. The van der Waals surface area contributed by atoms with Crippen LogP contribution in [0.25, 0.3) is 0 Å². The van der Waals surface area contributed by atoms with Gasteiger partial charge in [-0.1, -0.05) is 11.6 Å². The number of hydrogen-bond acceptors (Lipinski definition) is 0. The molecular weight excluding hydrogens is 176 g/mol. The summed E-state index contributed by atoms with van der Waals surface area (Å²) in [5.41, 5.74) is -2.02. The van der Waals surface area contributed by atoms with E-state index in [1.54, 1.807) is 0 Å². The van der Waals surface area contributed by atoms with Gasteiger partial charge in [0.25, 0.3) is 5.92 Å². The minimum Gasteiger partial charge on any atom is -0.230 e. The summed E-state index contributed by atoms with van der Waals surface area (Å²) >= 11 is 9.40. The zero-order chi connectivity index (χ0) is 7.49. The molecule has 0 rings (SSSR count). The van der Waals surface area contributed by atoms with Crippen LogP contribution in [0.15, 0.2) is 0 Å². The lowest BCUT2D eigenvalue weighted by Gasteiger charge is -2.11. The van der Waals surface area contributed by atoms with Crippen molar-refractivity contribution in [3.63, 3.8) is 0 Å². The van der Waals surface area contributed by atoms with Gasteiger partial charge in [0.2, 0.25) is 0 Å². The number of rotatable bonds is 3. The Balaban J connectivity index is 3.58. The van der Waals surface area contributed by atoms with Crippen molar-refractivity contribution in [3.05, 3.63) is 0 Å². The topological polar surface area (TPSA) is 0 Å². The molecule has 56 valence electrons. The van der Waals surface area contributed by atoms with Crippen LogP contribution in [0, 0.1) is 0 Å². The van der Waals surface area contributed by atoms with Gasteiger partial charge in [-0.2, -0.15) is 0 Å². The second-order valence-electron chi connectivity index (χ2n) is 1.58. The van der Waals surface area contributed by atoms with Gasteiger partial charge in [0.15, 0.2) is 5.63 Å². The molecule has 0 radical (unpaired) electrons. The quantitative estimate of drug-likeness (QED) is 0.587. The first-order valence-corrected chi connectivity index (χ1v) is 3.17. The van der Waals surface area contributed by atoms with E-state index < -0.39 is 23.9 Å². The fourth-order valence-electron chi connectivity index (χ4n) is 0.280. The predicted molar refractivity (Wildman–Crippen MR) is 31.0 cm³/mol. The van der Waals surface area contributed by atoms with E-state index in [0.717, 1.165) is 0 Å². The third-order valence-corrected chi connectivity index (χ3v) is 1.19. The number of alkyl halides is 5. The van der Waals surface area contributed by atoms with Gasteiger partial charge in [-0.05, 0) is 0 Å². The zero-order valence-corrected chi connectivity index (χ0v) is 5.89. The molecule has 0 aromatic carbocycles. The van der Waals surface area contributed by atoms with Crippen molar-refractivity contribution in [1.82, 2.24) is 0 Å². The van der Waals surface area contributed by atoms with Crippen molar-refractivity contribution < 1.29 is 13.2 Å². The lowest BCUT2D eigenvalue weighted by Crippen LogP contribution is -2.21. The Morgan fingerprint density at radius 1 is 1.44 bits per heavy atom. The van der Waals surface area contributed by atoms with Gasteiger partial charge in [-0.25, -0.2) is 13.2 Å². The molecule has 0 aliphatic heterocycles. The molecule has 0 spiro atoms. The van der Waals surface area contributed by atoms with Crippen molar-refractivity contribution in [3.8, 4) is 0 Å². The Kier molecular flexibility index (Phi) is 3.66. The third kappa shape index (κ3) is 4.85. The van der Waals surface area contributed by atoms with E-state index >= 15 is 0 Å². The summed E-state index contributed by atoms with van der Waals surface area (Å²) in [5, 5.41) is 0. The summed E-state index contributed by atoms with van der Waals surface area (Å²) in [7, 11) is 0. The average molecular weight is 181 g/mol. The molecule has 0 nitrogen and oxygen atoms in total. The monoisotopic (exact) mass is 180 g/mol.